The molecule has 0 aliphatic carbocycles. The third-order valence-corrected chi connectivity index (χ3v) is 8.77. The average molecular weight is 685 g/mol. The minimum absolute atomic E-state index is 0.0657. The van der Waals surface area contributed by atoms with Gasteiger partial charge in [-0.3, -0.25) is 4.79 Å². The molecule has 1 aromatic carbocycles. The van der Waals surface area contributed by atoms with E-state index >= 15 is 0 Å². The van der Waals surface area contributed by atoms with Gasteiger partial charge in [0.2, 0.25) is 11.8 Å². The summed E-state index contributed by atoms with van der Waals surface area (Å²) in [7, 11) is 2.00. The van der Waals surface area contributed by atoms with Gasteiger partial charge in [0.25, 0.3) is 0 Å². The van der Waals surface area contributed by atoms with Gasteiger partial charge in [-0.25, -0.2) is 15.0 Å². The molecule has 8 nitrogen and oxygen atoms in total. The number of hydrogen-bond donors (Lipinski definition) is 1. The number of anilines is 2. The van der Waals surface area contributed by atoms with Crippen molar-refractivity contribution in [2.24, 2.45) is 7.05 Å². The van der Waals surface area contributed by atoms with E-state index in [2.05, 4.69) is 95.6 Å². The van der Waals surface area contributed by atoms with E-state index < -0.39 is 0 Å². The zero-order chi connectivity index (χ0) is 27.3. The van der Waals surface area contributed by atoms with Crippen molar-refractivity contribution in [2.45, 2.75) is 49.0 Å². The van der Waals surface area contributed by atoms with Gasteiger partial charge in [0.1, 0.15) is 11.6 Å². The molecule has 3 heterocycles. The normalized spacial score (nSPS) is 11.8. The second-order valence-electron chi connectivity index (χ2n) is 9.81. The van der Waals surface area contributed by atoms with Crippen LogP contribution in [0.25, 0.3) is 11.0 Å². The number of aryl methyl sites for hydroxylation is 2. The van der Waals surface area contributed by atoms with Crippen molar-refractivity contribution in [3.8, 4) is 0 Å². The SMILES string of the molecule is Cn1c(CCC(=O)Nc2ncc(SCc3ncc(C(C)(C)C)o3)s2)nc2cc(N(CCBr)CCBr)ccc21. The van der Waals surface area contributed by atoms with Gasteiger partial charge in [-0.15, -0.1) is 11.8 Å². The first-order valence-electron chi connectivity index (χ1n) is 12.3. The summed E-state index contributed by atoms with van der Waals surface area (Å²) in [6.07, 6.45) is 4.45. The summed E-state index contributed by atoms with van der Waals surface area (Å²) in [5.74, 6) is 2.98. The van der Waals surface area contributed by atoms with Gasteiger partial charge in [-0.05, 0) is 18.2 Å². The molecule has 0 saturated carbocycles. The molecule has 0 saturated heterocycles. The van der Waals surface area contributed by atoms with E-state index in [1.807, 2.05) is 7.05 Å². The van der Waals surface area contributed by atoms with Crippen molar-refractivity contribution in [1.29, 1.82) is 0 Å². The molecule has 1 N–H and O–H groups in total. The van der Waals surface area contributed by atoms with E-state index in [9.17, 15) is 4.79 Å². The quantitative estimate of drug-likeness (QED) is 0.130. The zero-order valence-electron chi connectivity index (χ0n) is 22.0. The molecule has 0 fully saturated rings. The number of thiazole rings is 1. The maximum Gasteiger partial charge on any atom is 0.226 e. The highest BCUT2D eigenvalue weighted by molar-refractivity contribution is 9.09. The van der Waals surface area contributed by atoms with Crippen molar-refractivity contribution < 1.29 is 9.21 Å². The second-order valence-corrected chi connectivity index (χ2v) is 13.7. The molecule has 0 aliphatic heterocycles. The third kappa shape index (κ3) is 7.40. The molecule has 12 heteroatoms. The van der Waals surface area contributed by atoms with Crippen molar-refractivity contribution in [2.75, 3.05) is 34.0 Å². The number of nitrogens with zero attached hydrogens (tertiary/aromatic N) is 5. The molecular formula is C26H32Br2N6O2S2. The minimum Gasteiger partial charge on any atom is -0.444 e. The average Bonchev–Trinajstić information content (AvgIpc) is 3.60. The first-order valence-corrected chi connectivity index (χ1v) is 16.4. The second kappa shape index (κ2) is 13.0. The van der Waals surface area contributed by atoms with Crippen LogP contribution in [0.3, 0.4) is 0 Å². The number of rotatable bonds is 12. The molecule has 3 aromatic heterocycles. The lowest BCUT2D eigenvalue weighted by molar-refractivity contribution is -0.116. The maximum atomic E-state index is 12.7. The van der Waals surface area contributed by atoms with Crippen LogP contribution in [0.2, 0.25) is 0 Å². The number of carbonyl (C=O) groups is 1. The molecule has 4 aromatic rings. The summed E-state index contributed by atoms with van der Waals surface area (Å²) >= 11 is 10.1. The number of thioether (sulfide) groups is 1. The topological polar surface area (TPSA) is 89.1 Å². The Bertz CT molecular complexity index is 1370. The largest absolute Gasteiger partial charge is 0.444 e. The number of amides is 1. The fourth-order valence-electron chi connectivity index (χ4n) is 3.88. The third-order valence-electron chi connectivity index (χ3n) is 5.97. The Labute approximate surface area is 248 Å². The minimum atomic E-state index is -0.0769. The number of alkyl halides is 2. The van der Waals surface area contributed by atoms with E-state index in [1.54, 1.807) is 24.2 Å². The number of nitrogens with one attached hydrogen (secondary N) is 1. The Balaban J connectivity index is 1.31. The van der Waals surface area contributed by atoms with Crippen LogP contribution in [-0.4, -0.2) is 49.2 Å². The maximum absolute atomic E-state index is 12.7. The van der Waals surface area contributed by atoms with E-state index in [1.165, 1.54) is 11.3 Å². The van der Waals surface area contributed by atoms with Crippen LogP contribution >= 0.6 is 55.0 Å². The van der Waals surface area contributed by atoms with E-state index in [-0.39, 0.29) is 11.3 Å². The fourth-order valence-corrected chi connectivity index (χ4v) is 6.48. The number of halogens is 2. The summed E-state index contributed by atoms with van der Waals surface area (Å²) in [6, 6.07) is 6.37. The van der Waals surface area contributed by atoms with Crippen LogP contribution in [-0.2, 0) is 29.4 Å². The summed E-state index contributed by atoms with van der Waals surface area (Å²) in [5.41, 5.74) is 3.08. The Morgan fingerprint density at radius 3 is 2.63 bits per heavy atom. The van der Waals surface area contributed by atoms with Gasteiger partial charge < -0.3 is 19.2 Å². The highest BCUT2D eigenvalue weighted by Crippen LogP contribution is 2.32. The number of carbonyl (C=O) groups excluding carboxylic acids is 1. The molecular weight excluding hydrogens is 652 g/mol. The number of hydrogen-bond acceptors (Lipinski definition) is 8. The Morgan fingerprint density at radius 1 is 1.18 bits per heavy atom. The highest BCUT2D eigenvalue weighted by Gasteiger charge is 2.19. The first-order chi connectivity index (χ1) is 18.2. The van der Waals surface area contributed by atoms with Gasteiger partial charge in [0.15, 0.2) is 5.13 Å². The van der Waals surface area contributed by atoms with Crippen LogP contribution in [0.5, 0.6) is 0 Å². The van der Waals surface area contributed by atoms with Gasteiger partial charge in [0.05, 0.1) is 33.4 Å². The molecule has 0 bridgehead atoms. The van der Waals surface area contributed by atoms with Crippen molar-refractivity contribution in [3.05, 3.63) is 48.1 Å². The van der Waals surface area contributed by atoms with Gasteiger partial charge in [-0.1, -0.05) is 64.0 Å². The number of oxazole rings is 1. The summed E-state index contributed by atoms with van der Waals surface area (Å²) < 4.78 is 8.92. The molecule has 0 spiro atoms. The molecule has 0 radical (unpaired) electrons. The molecule has 4 rings (SSSR count). The Hall–Kier alpha value is -1.89. The van der Waals surface area contributed by atoms with Gasteiger partial charge in [-0.2, -0.15) is 0 Å². The molecule has 0 unspecified atom stereocenters. The summed E-state index contributed by atoms with van der Waals surface area (Å²) in [6.45, 7) is 8.14. The van der Waals surface area contributed by atoms with Crippen LogP contribution in [0.15, 0.2) is 39.2 Å². The number of aromatic nitrogens is 4. The smallest absolute Gasteiger partial charge is 0.226 e. The molecule has 204 valence electrons. The van der Waals surface area contributed by atoms with Crippen LogP contribution in [0, 0.1) is 0 Å². The van der Waals surface area contributed by atoms with E-state index in [4.69, 9.17) is 9.40 Å². The van der Waals surface area contributed by atoms with Gasteiger partial charge >= 0.3 is 0 Å². The molecule has 1 amide bonds. The zero-order valence-corrected chi connectivity index (χ0v) is 26.8. The molecule has 38 heavy (non-hydrogen) atoms. The summed E-state index contributed by atoms with van der Waals surface area (Å²) in [5, 5.41) is 5.32. The first kappa shape index (κ1) is 29.1. The number of fused-ring (bicyclic) bond motifs is 1. The Morgan fingerprint density at radius 2 is 1.95 bits per heavy atom. The van der Waals surface area contributed by atoms with Crippen LogP contribution in [0.4, 0.5) is 10.8 Å². The molecule has 0 aliphatic rings. The van der Waals surface area contributed by atoms with Crippen molar-refractivity contribution >= 4 is 82.7 Å². The van der Waals surface area contributed by atoms with E-state index in [0.717, 1.165) is 56.3 Å². The number of benzene rings is 1. The highest BCUT2D eigenvalue weighted by atomic mass is 79.9. The summed E-state index contributed by atoms with van der Waals surface area (Å²) in [4.78, 5) is 28.5. The lowest BCUT2D eigenvalue weighted by Gasteiger charge is -2.22. The molecule has 0 atom stereocenters. The lowest BCUT2D eigenvalue weighted by Crippen LogP contribution is -2.27. The van der Waals surface area contributed by atoms with E-state index in [0.29, 0.717) is 29.6 Å². The standard InChI is InChI=1S/C26H32Br2N6O2S2/c1-26(2,3)20-14-29-23(36-20)16-37-24-15-30-25(38-24)32-22(35)8-7-21-31-18-13-17(5-6-19(18)33(21)4)34(11-9-27)12-10-28/h5-6,13-15H,7-12,16H2,1-4H3,(H,30,32,35). The predicted octanol–water partition coefficient (Wildman–Crippen LogP) is 6.78. The Kier molecular flexibility index (Phi) is 9.94. The fraction of sp³-hybridized carbons (Fsp3) is 0.462. The van der Waals surface area contributed by atoms with Crippen LogP contribution < -0.4 is 10.2 Å². The monoisotopic (exact) mass is 682 g/mol. The number of imidazole rings is 1. The lowest BCUT2D eigenvalue weighted by atomic mass is 9.94. The van der Waals surface area contributed by atoms with Gasteiger partial charge in [0, 0.05) is 54.7 Å². The van der Waals surface area contributed by atoms with Crippen LogP contribution in [0.1, 0.15) is 44.7 Å². The van der Waals surface area contributed by atoms with Crippen molar-refractivity contribution in [1.82, 2.24) is 19.5 Å². The van der Waals surface area contributed by atoms with Crippen molar-refractivity contribution in [3.63, 3.8) is 0 Å². The predicted molar refractivity (Wildman–Crippen MR) is 164 cm³/mol.